The number of benzene rings is 1. The number of pyridine rings is 1. The second-order valence-electron chi connectivity index (χ2n) is 5.88. The van der Waals surface area contributed by atoms with E-state index in [2.05, 4.69) is 24.9 Å². The Morgan fingerprint density at radius 2 is 2.10 bits per heavy atom. The van der Waals surface area contributed by atoms with E-state index in [9.17, 15) is 4.79 Å². The maximum atomic E-state index is 12.8. The number of hydrogen-bond donors (Lipinski definition) is 0. The van der Waals surface area contributed by atoms with Gasteiger partial charge in [0.2, 0.25) is 0 Å². The fourth-order valence-corrected chi connectivity index (χ4v) is 2.98. The van der Waals surface area contributed by atoms with Crippen molar-refractivity contribution in [3.63, 3.8) is 0 Å². The van der Waals surface area contributed by atoms with Gasteiger partial charge in [0, 0.05) is 24.2 Å². The highest BCUT2D eigenvalue weighted by Gasteiger charge is 2.32. The van der Waals surface area contributed by atoms with Crippen LogP contribution >= 0.6 is 0 Å². The number of rotatable bonds is 1. The van der Waals surface area contributed by atoms with Crippen LogP contribution in [0.1, 0.15) is 36.2 Å². The number of nitrogens with zero attached hydrogens (tertiary/aromatic N) is 2. The lowest BCUT2D eigenvalue weighted by atomic mass is 10.0. The van der Waals surface area contributed by atoms with Crippen molar-refractivity contribution in [1.29, 1.82) is 0 Å². The summed E-state index contributed by atoms with van der Waals surface area (Å²) >= 11 is 0. The molecule has 0 aliphatic carbocycles. The first-order valence-corrected chi connectivity index (χ1v) is 7.24. The van der Waals surface area contributed by atoms with Crippen LogP contribution in [0.5, 0.6) is 0 Å². The molecule has 1 fully saturated rings. The Kier molecular flexibility index (Phi) is 3.20. The zero-order valence-electron chi connectivity index (χ0n) is 12.3. The van der Waals surface area contributed by atoms with Crippen LogP contribution in [-0.2, 0) is 0 Å². The number of amides is 1. The summed E-state index contributed by atoms with van der Waals surface area (Å²) in [6.07, 6.45) is 2.82. The molecule has 3 nitrogen and oxygen atoms in total. The molecule has 1 aliphatic heterocycles. The van der Waals surface area contributed by atoms with Crippen molar-refractivity contribution >= 4 is 16.8 Å². The predicted octanol–water partition coefficient (Wildman–Crippen LogP) is 3.41. The van der Waals surface area contributed by atoms with E-state index in [0.717, 1.165) is 35.0 Å². The van der Waals surface area contributed by atoms with Gasteiger partial charge in [-0.1, -0.05) is 18.6 Å². The van der Waals surface area contributed by atoms with E-state index in [1.807, 2.05) is 30.0 Å². The van der Waals surface area contributed by atoms with Crippen molar-refractivity contribution in [3.8, 4) is 0 Å². The first kappa shape index (κ1) is 13.1. The molecule has 1 aromatic heterocycles. The molecule has 2 atom stereocenters. The normalized spacial score (nSPS) is 22.4. The Labute approximate surface area is 119 Å². The summed E-state index contributed by atoms with van der Waals surface area (Å²) in [5, 5.41) is 0.962. The van der Waals surface area contributed by atoms with Gasteiger partial charge >= 0.3 is 0 Å². The molecular weight excluding hydrogens is 248 g/mol. The van der Waals surface area contributed by atoms with Crippen LogP contribution < -0.4 is 0 Å². The molecule has 0 bridgehead atoms. The summed E-state index contributed by atoms with van der Waals surface area (Å²) in [5.41, 5.74) is 2.82. The molecule has 2 heterocycles. The zero-order chi connectivity index (χ0) is 14.3. The highest BCUT2D eigenvalue weighted by atomic mass is 16.2. The molecule has 2 aromatic rings. The fourth-order valence-electron chi connectivity index (χ4n) is 2.98. The lowest BCUT2D eigenvalue weighted by molar-refractivity contribution is 0.0737. The summed E-state index contributed by atoms with van der Waals surface area (Å²) in [4.78, 5) is 19.2. The minimum atomic E-state index is 0.139. The van der Waals surface area contributed by atoms with Gasteiger partial charge in [-0.15, -0.1) is 0 Å². The summed E-state index contributed by atoms with van der Waals surface area (Å²) in [6, 6.07) is 8.23. The Balaban J connectivity index is 2.06. The van der Waals surface area contributed by atoms with Gasteiger partial charge < -0.3 is 4.90 Å². The van der Waals surface area contributed by atoms with Gasteiger partial charge in [-0.25, -0.2) is 0 Å². The minimum absolute atomic E-state index is 0.139. The number of fused-ring (bicyclic) bond motifs is 1. The first-order valence-electron chi connectivity index (χ1n) is 7.24. The van der Waals surface area contributed by atoms with E-state index in [-0.39, 0.29) is 5.91 Å². The van der Waals surface area contributed by atoms with Crippen LogP contribution in [0.3, 0.4) is 0 Å². The second-order valence-corrected chi connectivity index (χ2v) is 5.88. The molecule has 1 aromatic carbocycles. The highest BCUT2D eigenvalue weighted by Crippen LogP contribution is 2.27. The Morgan fingerprint density at radius 1 is 1.30 bits per heavy atom. The number of hydrogen-bond acceptors (Lipinski definition) is 2. The van der Waals surface area contributed by atoms with E-state index >= 15 is 0 Å². The molecule has 1 aliphatic rings. The molecule has 20 heavy (non-hydrogen) atoms. The maximum Gasteiger partial charge on any atom is 0.254 e. The van der Waals surface area contributed by atoms with Crippen molar-refractivity contribution in [1.82, 2.24) is 9.88 Å². The van der Waals surface area contributed by atoms with Crippen LogP contribution in [-0.4, -0.2) is 28.4 Å². The molecule has 0 saturated carbocycles. The molecule has 3 rings (SSSR count). The summed E-state index contributed by atoms with van der Waals surface area (Å²) in [5.74, 6) is 0.716. The highest BCUT2D eigenvalue weighted by molar-refractivity contribution is 6.06. The van der Waals surface area contributed by atoms with E-state index in [1.165, 1.54) is 0 Å². The number of aromatic nitrogens is 1. The third-order valence-electron chi connectivity index (χ3n) is 4.53. The smallest absolute Gasteiger partial charge is 0.254 e. The lowest BCUT2D eigenvalue weighted by Gasteiger charge is -2.24. The molecule has 0 N–H and O–H groups in total. The van der Waals surface area contributed by atoms with Gasteiger partial charge in [-0.05, 0) is 44.4 Å². The molecule has 2 unspecified atom stereocenters. The van der Waals surface area contributed by atoms with Crippen LogP contribution in [0.25, 0.3) is 10.9 Å². The molecule has 0 radical (unpaired) electrons. The largest absolute Gasteiger partial charge is 0.336 e. The quantitative estimate of drug-likeness (QED) is 0.794. The third-order valence-corrected chi connectivity index (χ3v) is 4.53. The van der Waals surface area contributed by atoms with Crippen LogP contribution in [0.15, 0.2) is 30.5 Å². The van der Waals surface area contributed by atoms with Crippen LogP contribution in [0, 0.1) is 12.8 Å². The number of carbonyl (C=O) groups excluding carboxylic acids is 1. The van der Waals surface area contributed by atoms with Gasteiger partial charge in [0.25, 0.3) is 5.91 Å². The SMILES string of the molecule is Cc1ccc2nccc(C(=O)N3CCC(C)C3C)c2c1. The Morgan fingerprint density at radius 3 is 2.80 bits per heavy atom. The van der Waals surface area contributed by atoms with Crippen molar-refractivity contribution in [2.24, 2.45) is 5.92 Å². The first-order chi connectivity index (χ1) is 9.58. The van der Waals surface area contributed by atoms with E-state index in [4.69, 9.17) is 0 Å². The maximum absolute atomic E-state index is 12.8. The van der Waals surface area contributed by atoms with E-state index in [0.29, 0.717) is 12.0 Å². The molecule has 1 amide bonds. The molecule has 1 saturated heterocycles. The summed E-state index contributed by atoms with van der Waals surface area (Å²) in [6.45, 7) is 7.26. The lowest BCUT2D eigenvalue weighted by Crippen LogP contribution is -2.35. The monoisotopic (exact) mass is 268 g/mol. The fraction of sp³-hybridized carbons (Fsp3) is 0.412. The van der Waals surface area contributed by atoms with Gasteiger partial charge in [0.05, 0.1) is 11.1 Å². The number of carbonyl (C=O) groups is 1. The minimum Gasteiger partial charge on any atom is -0.336 e. The van der Waals surface area contributed by atoms with Crippen molar-refractivity contribution in [2.75, 3.05) is 6.54 Å². The van der Waals surface area contributed by atoms with Gasteiger partial charge in [-0.2, -0.15) is 0 Å². The topological polar surface area (TPSA) is 33.2 Å². The van der Waals surface area contributed by atoms with Gasteiger partial charge in [0.1, 0.15) is 0 Å². The average molecular weight is 268 g/mol. The molecular formula is C17H20N2O. The molecule has 3 heteroatoms. The average Bonchev–Trinajstić information content (AvgIpc) is 2.77. The van der Waals surface area contributed by atoms with E-state index in [1.54, 1.807) is 6.20 Å². The van der Waals surface area contributed by atoms with Gasteiger partial charge in [0.15, 0.2) is 0 Å². The second kappa shape index (κ2) is 4.89. The zero-order valence-corrected chi connectivity index (χ0v) is 12.3. The summed E-state index contributed by atoms with van der Waals surface area (Å²) < 4.78 is 0. The van der Waals surface area contributed by atoms with E-state index < -0.39 is 0 Å². The van der Waals surface area contributed by atoms with Crippen molar-refractivity contribution in [2.45, 2.75) is 33.2 Å². The standard InChI is InChI=1S/C17H20N2O/c1-11-4-5-16-15(10-11)14(6-8-18-16)17(20)19-9-7-12(2)13(19)3/h4-6,8,10,12-13H,7,9H2,1-3H3. The predicted molar refractivity (Wildman–Crippen MR) is 80.8 cm³/mol. The van der Waals surface area contributed by atoms with Crippen molar-refractivity contribution in [3.05, 3.63) is 41.6 Å². The molecule has 104 valence electrons. The Hall–Kier alpha value is -1.90. The molecule has 0 spiro atoms. The summed E-state index contributed by atoms with van der Waals surface area (Å²) in [7, 11) is 0. The van der Waals surface area contributed by atoms with Gasteiger partial charge in [-0.3, -0.25) is 9.78 Å². The van der Waals surface area contributed by atoms with Crippen molar-refractivity contribution < 1.29 is 4.79 Å². The number of likely N-dealkylation sites (tertiary alicyclic amines) is 1. The third kappa shape index (κ3) is 2.07. The van der Waals surface area contributed by atoms with Crippen LogP contribution in [0.4, 0.5) is 0 Å². The number of aryl methyl sites for hydroxylation is 1. The van der Waals surface area contributed by atoms with Crippen LogP contribution in [0.2, 0.25) is 0 Å². The Bertz CT molecular complexity index is 665.